The molecule has 8 heteroatoms. The van der Waals surface area contributed by atoms with Gasteiger partial charge >= 0.3 is 0 Å². The number of nitrogens with one attached hydrogen (secondary N) is 1. The molecular weight excluding hydrogens is 280 g/mol. The summed E-state index contributed by atoms with van der Waals surface area (Å²) in [5.74, 6) is 5.11. The first-order chi connectivity index (χ1) is 10.1. The summed E-state index contributed by atoms with van der Waals surface area (Å²) in [5, 5.41) is 0. The van der Waals surface area contributed by atoms with Gasteiger partial charge in [0.15, 0.2) is 5.82 Å². The van der Waals surface area contributed by atoms with E-state index in [2.05, 4.69) is 20.4 Å². The average Bonchev–Trinajstić information content (AvgIpc) is 2.53. The topological polar surface area (TPSA) is 86.0 Å². The maximum Gasteiger partial charge on any atom is 0.244 e. The average molecular weight is 295 g/mol. The summed E-state index contributed by atoms with van der Waals surface area (Å²) in [6, 6.07) is 3.33. The van der Waals surface area contributed by atoms with E-state index in [1.165, 1.54) is 13.1 Å². The van der Waals surface area contributed by atoms with Crippen LogP contribution >= 0.6 is 0 Å². The molecule has 0 saturated heterocycles. The fourth-order valence-corrected chi connectivity index (χ4v) is 1.46. The van der Waals surface area contributed by atoms with Crippen molar-refractivity contribution in [2.24, 2.45) is 11.8 Å². The van der Waals surface area contributed by atoms with Gasteiger partial charge < -0.3 is 10.2 Å². The Balaban J connectivity index is 2.01. The number of nitrogens with two attached hydrogens (primary N) is 1. The molecule has 0 radical (unpaired) electrons. The van der Waals surface area contributed by atoms with Crippen molar-refractivity contribution in [2.45, 2.75) is 13.3 Å². The highest BCUT2D eigenvalue weighted by Crippen LogP contribution is 2.19. The van der Waals surface area contributed by atoms with Crippen molar-refractivity contribution < 1.29 is 13.5 Å². The monoisotopic (exact) mass is 295 g/mol. The lowest BCUT2D eigenvalue weighted by Crippen LogP contribution is -2.16. The normalized spacial score (nSPS) is 12.2. The highest BCUT2D eigenvalue weighted by atomic mass is 19.3. The Morgan fingerprint density at radius 3 is 2.52 bits per heavy atom. The molecule has 0 fully saturated rings. The van der Waals surface area contributed by atoms with Gasteiger partial charge in [0.1, 0.15) is 0 Å². The van der Waals surface area contributed by atoms with Crippen LogP contribution in [0.25, 0.3) is 11.3 Å². The fourth-order valence-electron chi connectivity index (χ4n) is 1.46. The summed E-state index contributed by atoms with van der Waals surface area (Å²) >= 11 is 0. The Morgan fingerprint density at radius 1 is 1.19 bits per heavy atom. The Labute approximate surface area is 120 Å². The number of anilines is 1. The Bertz CT molecular complexity index is 562. The number of nitrogen functional groups attached to an aromatic ring is 1. The van der Waals surface area contributed by atoms with Crippen molar-refractivity contribution in [3.8, 4) is 17.1 Å². The van der Waals surface area contributed by atoms with Crippen LogP contribution in [0.2, 0.25) is 0 Å². The van der Waals surface area contributed by atoms with Crippen molar-refractivity contribution in [1.82, 2.24) is 15.0 Å². The maximum atomic E-state index is 12.3. The first-order valence-electron chi connectivity index (χ1n) is 6.26. The molecule has 2 rings (SSSR count). The number of hydrazine groups is 1. The van der Waals surface area contributed by atoms with E-state index in [9.17, 15) is 8.78 Å². The van der Waals surface area contributed by atoms with Crippen molar-refractivity contribution in [3.63, 3.8) is 0 Å². The van der Waals surface area contributed by atoms with Crippen molar-refractivity contribution in [3.05, 3.63) is 30.7 Å². The van der Waals surface area contributed by atoms with Crippen LogP contribution in [0.3, 0.4) is 0 Å². The molecule has 2 heterocycles. The van der Waals surface area contributed by atoms with Crippen LogP contribution in [-0.2, 0) is 0 Å². The summed E-state index contributed by atoms with van der Waals surface area (Å²) in [7, 11) is 0. The van der Waals surface area contributed by atoms with E-state index < -0.39 is 12.3 Å². The number of rotatable bonds is 6. The Morgan fingerprint density at radius 2 is 2.00 bits per heavy atom. The van der Waals surface area contributed by atoms with E-state index >= 15 is 0 Å². The zero-order valence-corrected chi connectivity index (χ0v) is 11.3. The highest BCUT2D eigenvalue weighted by Gasteiger charge is 2.15. The quantitative estimate of drug-likeness (QED) is 0.627. The molecule has 0 spiro atoms. The molecule has 0 aromatic carbocycles. The second kappa shape index (κ2) is 6.89. The molecule has 1 atom stereocenters. The summed E-state index contributed by atoms with van der Waals surface area (Å²) < 4.78 is 29.9. The molecule has 0 aliphatic carbocycles. The molecule has 2 aromatic heterocycles. The number of pyridine rings is 1. The van der Waals surface area contributed by atoms with Crippen LogP contribution in [0.15, 0.2) is 30.7 Å². The Hall–Kier alpha value is -2.35. The third kappa shape index (κ3) is 4.06. The lowest BCUT2D eigenvalue weighted by Gasteiger charge is -2.11. The predicted octanol–water partition coefficient (Wildman–Crippen LogP) is 2.10. The molecular formula is C13H15F2N5O. The molecule has 3 N–H and O–H groups in total. The van der Waals surface area contributed by atoms with E-state index in [4.69, 9.17) is 10.6 Å². The van der Waals surface area contributed by atoms with Gasteiger partial charge in [-0.2, -0.15) is 0 Å². The van der Waals surface area contributed by atoms with Gasteiger partial charge in [-0.3, -0.25) is 4.98 Å². The van der Waals surface area contributed by atoms with E-state index in [0.717, 1.165) is 5.56 Å². The maximum absolute atomic E-state index is 12.3. The van der Waals surface area contributed by atoms with Crippen molar-refractivity contribution in [1.29, 1.82) is 0 Å². The van der Waals surface area contributed by atoms with Crippen LogP contribution < -0.4 is 16.0 Å². The number of ether oxygens (including phenoxy) is 1. The van der Waals surface area contributed by atoms with Gasteiger partial charge in [-0.1, -0.05) is 6.92 Å². The van der Waals surface area contributed by atoms with E-state index in [0.29, 0.717) is 17.4 Å². The molecule has 6 nitrogen and oxygen atoms in total. The minimum atomic E-state index is -2.41. The van der Waals surface area contributed by atoms with Gasteiger partial charge in [0.05, 0.1) is 30.6 Å². The third-order valence-corrected chi connectivity index (χ3v) is 2.76. The molecule has 1 unspecified atom stereocenters. The largest absolute Gasteiger partial charge is 0.477 e. The predicted molar refractivity (Wildman–Crippen MR) is 73.7 cm³/mol. The lowest BCUT2D eigenvalue weighted by atomic mass is 10.2. The molecule has 2 aromatic rings. The number of halogens is 2. The number of nitrogens with zero attached hydrogens (tertiary/aromatic N) is 3. The highest BCUT2D eigenvalue weighted by molar-refractivity contribution is 5.57. The summed E-state index contributed by atoms with van der Waals surface area (Å²) in [5.41, 5.74) is 3.74. The molecule has 0 aliphatic rings. The van der Waals surface area contributed by atoms with E-state index in [1.807, 2.05) is 0 Å². The number of alkyl halides is 2. The smallest absolute Gasteiger partial charge is 0.244 e. The minimum absolute atomic E-state index is 0.0827. The molecule has 0 aliphatic heterocycles. The van der Waals surface area contributed by atoms with E-state index in [1.54, 1.807) is 24.5 Å². The third-order valence-electron chi connectivity index (χ3n) is 2.76. The van der Waals surface area contributed by atoms with Crippen LogP contribution in [0, 0.1) is 5.92 Å². The van der Waals surface area contributed by atoms with Crippen LogP contribution in [0.1, 0.15) is 6.92 Å². The first-order valence-corrected chi connectivity index (χ1v) is 6.26. The van der Waals surface area contributed by atoms with Crippen LogP contribution in [0.4, 0.5) is 14.6 Å². The van der Waals surface area contributed by atoms with E-state index in [-0.39, 0.29) is 6.61 Å². The summed E-state index contributed by atoms with van der Waals surface area (Å²) in [6.45, 7) is 1.34. The second-order valence-electron chi connectivity index (χ2n) is 4.44. The number of hydrogen-bond donors (Lipinski definition) is 2. The Kier molecular flexibility index (Phi) is 4.94. The van der Waals surface area contributed by atoms with Crippen molar-refractivity contribution in [2.75, 3.05) is 12.0 Å². The van der Waals surface area contributed by atoms with Gasteiger partial charge in [0, 0.05) is 17.8 Å². The molecule has 112 valence electrons. The summed E-state index contributed by atoms with van der Waals surface area (Å²) in [4.78, 5) is 12.2. The fraction of sp³-hybridized carbons (Fsp3) is 0.308. The lowest BCUT2D eigenvalue weighted by molar-refractivity contribution is 0.0568. The van der Waals surface area contributed by atoms with Crippen LogP contribution in [-0.4, -0.2) is 28.0 Å². The number of hydrogen-bond acceptors (Lipinski definition) is 6. The zero-order chi connectivity index (χ0) is 15.2. The van der Waals surface area contributed by atoms with Crippen molar-refractivity contribution >= 4 is 5.82 Å². The first kappa shape index (κ1) is 15.0. The van der Waals surface area contributed by atoms with Gasteiger partial charge in [-0.25, -0.2) is 24.6 Å². The number of aromatic nitrogens is 3. The molecule has 0 amide bonds. The zero-order valence-electron chi connectivity index (χ0n) is 11.3. The molecule has 0 saturated carbocycles. The van der Waals surface area contributed by atoms with Gasteiger partial charge in [-0.15, -0.1) is 0 Å². The van der Waals surface area contributed by atoms with Crippen LogP contribution in [0.5, 0.6) is 5.88 Å². The molecule has 0 bridgehead atoms. The standard InChI is InChI=1S/C13H15F2N5O/c1-8(13(14)15)7-21-12-3-2-9(4-19-12)10-5-18-11(20-16)6-17-10/h2-6,8,13H,7,16H2,1H3,(H,18,20). The van der Waals surface area contributed by atoms with Gasteiger partial charge in [0.25, 0.3) is 0 Å². The summed E-state index contributed by atoms with van der Waals surface area (Å²) in [6.07, 6.45) is 2.17. The SMILES string of the molecule is CC(COc1ccc(-c2cnc(NN)cn2)cn1)C(F)F. The van der Waals surface area contributed by atoms with Gasteiger partial charge in [0.2, 0.25) is 12.3 Å². The van der Waals surface area contributed by atoms with Gasteiger partial charge in [-0.05, 0) is 6.07 Å². The second-order valence-corrected chi connectivity index (χ2v) is 4.44. The minimum Gasteiger partial charge on any atom is -0.477 e. The molecule has 21 heavy (non-hydrogen) atoms.